The molecule has 1 saturated carbocycles. The van der Waals surface area contributed by atoms with E-state index in [1.165, 1.54) is 25.0 Å². The van der Waals surface area contributed by atoms with E-state index < -0.39 is 10.0 Å². The molecule has 4 rings (SSSR count). The number of benzene rings is 1. The molecule has 2 aliphatic rings. The van der Waals surface area contributed by atoms with Gasteiger partial charge in [-0.1, -0.05) is 0 Å². The van der Waals surface area contributed by atoms with E-state index in [-0.39, 0.29) is 10.9 Å². The third kappa shape index (κ3) is 2.86. The van der Waals surface area contributed by atoms with Crippen LogP contribution in [0.2, 0.25) is 0 Å². The van der Waals surface area contributed by atoms with Crippen LogP contribution in [0, 0.1) is 18.3 Å². The molecule has 0 radical (unpaired) electrons. The van der Waals surface area contributed by atoms with Crippen LogP contribution in [-0.2, 0) is 10.0 Å². The van der Waals surface area contributed by atoms with E-state index in [4.69, 9.17) is 5.26 Å². The molecular weight excluding hydrogens is 336 g/mol. The fraction of sp³-hybridized carbons (Fsp3) is 0.444. The molecule has 1 aromatic heterocycles. The topological polar surface area (TPSA) is 79.0 Å². The molecule has 1 saturated heterocycles. The van der Waals surface area contributed by atoms with Gasteiger partial charge in [0, 0.05) is 30.9 Å². The first-order chi connectivity index (χ1) is 12.0. The van der Waals surface area contributed by atoms with E-state index in [0.717, 1.165) is 17.9 Å². The molecular formula is C18H20N4O2S. The maximum absolute atomic E-state index is 12.9. The zero-order chi connectivity index (χ0) is 17.6. The molecule has 1 aliphatic carbocycles. The Bertz CT molecular complexity index is 936. The molecule has 0 spiro atoms. The molecule has 0 N–H and O–H groups in total. The number of rotatable bonds is 4. The zero-order valence-corrected chi connectivity index (χ0v) is 14.9. The van der Waals surface area contributed by atoms with Crippen molar-refractivity contribution in [2.75, 3.05) is 13.1 Å². The average Bonchev–Trinajstić information content (AvgIpc) is 3.21. The summed E-state index contributed by atoms with van der Waals surface area (Å²) in [7, 11) is -3.53. The van der Waals surface area contributed by atoms with Crippen LogP contribution in [0.5, 0.6) is 0 Å². The highest BCUT2D eigenvalue weighted by Gasteiger charge is 2.37. The fourth-order valence-electron chi connectivity index (χ4n) is 3.57. The number of sulfonamides is 1. The molecule has 25 heavy (non-hydrogen) atoms. The highest BCUT2D eigenvalue weighted by molar-refractivity contribution is 7.89. The van der Waals surface area contributed by atoms with Crippen molar-refractivity contribution >= 4 is 10.0 Å². The third-order valence-electron chi connectivity index (χ3n) is 5.07. The van der Waals surface area contributed by atoms with Crippen LogP contribution in [0.25, 0.3) is 0 Å². The van der Waals surface area contributed by atoms with Gasteiger partial charge in [0.25, 0.3) is 0 Å². The Morgan fingerprint density at radius 1 is 1.20 bits per heavy atom. The lowest BCUT2D eigenvalue weighted by molar-refractivity contribution is 0.443. The van der Waals surface area contributed by atoms with Crippen LogP contribution in [0.4, 0.5) is 0 Å². The van der Waals surface area contributed by atoms with Gasteiger partial charge in [-0.2, -0.15) is 9.57 Å². The molecule has 6 nitrogen and oxygen atoms in total. The number of nitrogens with zero attached hydrogens (tertiary/aromatic N) is 4. The number of hydrogen-bond donors (Lipinski definition) is 0. The van der Waals surface area contributed by atoms with Crippen molar-refractivity contribution in [2.45, 2.75) is 43.0 Å². The van der Waals surface area contributed by atoms with Gasteiger partial charge in [0.2, 0.25) is 10.0 Å². The first-order valence-electron chi connectivity index (χ1n) is 8.55. The Morgan fingerprint density at radius 2 is 1.92 bits per heavy atom. The van der Waals surface area contributed by atoms with Crippen molar-refractivity contribution in [3.8, 4) is 6.07 Å². The Labute approximate surface area is 147 Å². The number of aromatic nitrogens is 2. The van der Waals surface area contributed by atoms with Crippen molar-refractivity contribution in [1.29, 1.82) is 5.26 Å². The van der Waals surface area contributed by atoms with E-state index in [1.807, 2.05) is 19.2 Å². The molecule has 7 heteroatoms. The molecule has 2 heterocycles. The maximum atomic E-state index is 12.9. The van der Waals surface area contributed by atoms with Gasteiger partial charge in [-0.25, -0.2) is 13.4 Å². The van der Waals surface area contributed by atoms with Gasteiger partial charge in [0.05, 0.1) is 22.6 Å². The lowest BCUT2D eigenvalue weighted by Crippen LogP contribution is -2.29. The monoisotopic (exact) mass is 356 g/mol. The van der Waals surface area contributed by atoms with Crippen LogP contribution in [0.15, 0.2) is 35.4 Å². The van der Waals surface area contributed by atoms with Crippen LogP contribution >= 0.6 is 0 Å². The predicted molar refractivity (Wildman–Crippen MR) is 92.5 cm³/mol. The zero-order valence-electron chi connectivity index (χ0n) is 14.1. The first-order valence-corrected chi connectivity index (χ1v) is 9.99. The Morgan fingerprint density at radius 3 is 2.56 bits per heavy atom. The summed E-state index contributed by atoms with van der Waals surface area (Å²) in [4.78, 5) is 4.80. The van der Waals surface area contributed by atoms with Gasteiger partial charge in [-0.3, -0.25) is 0 Å². The number of nitriles is 1. The molecule has 0 amide bonds. The lowest BCUT2D eigenvalue weighted by Gasteiger charge is -2.19. The summed E-state index contributed by atoms with van der Waals surface area (Å²) >= 11 is 0. The van der Waals surface area contributed by atoms with Crippen molar-refractivity contribution in [3.63, 3.8) is 0 Å². The van der Waals surface area contributed by atoms with Crippen LogP contribution < -0.4 is 0 Å². The van der Waals surface area contributed by atoms with Crippen LogP contribution in [0.3, 0.4) is 0 Å². The van der Waals surface area contributed by atoms with Gasteiger partial charge in [-0.15, -0.1) is 0 Å². The van der Waals surface area contributed by atoms with E-state index in [1.54, 1.807) is 16.4 Å². The van der Waals surface area contributed by atoms with Crippen molar-refractivity contribution in [2.24, 2.45) is 0 Å². The number of imidazole rings is 1. The molecule has 1 atom stereocenters. The molecule has 1 aliphatic heterocycles. The average molecular weight is 356 g/mol. The van der Waals surface area contributed by atoms with E-state index >= 15 is 0 Å². The van der Waals surface area contributed by atoms with Gasteiger partial charge in [0.15, 0.2) is 0 Å². The molecule has 0 bridgehead atoms. The normalized spacial score (nSPS) is 21.4. The summed E-state index contributed by atoms with van der Waals surface area (Å²) in [6.07, 6.45) is 5.05. The highest BCUT2D eigenvalue weighted by atomic mass is 32.2. The van der Waals surface area contributed by atoms with Crippen molar-refractivity contribution < 1.29 is 8.42 Å². The largest absolute Gasteiger partial charge is 0.328 e. The second-order valence-corrected chi connectivity index (χ2v) is 8.78. The van der Waals surface area contributed by atoms with Gasteiger partial charge in [0.1, 0.15) is 5.82 Å². The molecule has 1 aromatic carbocycles. The highest BCUT2D eigenvalue weighted by Crippen LogP contribution is 2.41. The van der Waals surface area contributed by atoms with Gasteiger partial charge >= 0.3 is 0 Å². The second kappa shape index (κ2) is 5.97. The number of aryl methyl sites for hydroxylation is 1. The van der Waals surface area contributed by atoms with Gasteiger partial charge in [-0.05, 0) is 50.5 Å². The minimum absolute atomic E-state index is 0.145. The fourth-order valence-corrected chi connectivity index (χ4v) is 5.07. The summed E-state index contributed by atoms with van der Waals surface area (Å²) in [5.74, 6) is 1.65. The lowest BCUT2D eigenvalue weighted by atomic mass is 10.2. The van der Waals surface area contributed by atoms with Crippen LogP contribution in [-0.4, -0.2) is 35.4 Å². The Balaban J connectivity index is 1.57. The standard InChI is InChI=1S/C18H20N4O2S/c1-13-11-20-18(15-4-5-15)22(13)16-8-9-21(12-16)25(23,24)17-6-2-14(10-19)3-7-17/h2-3,6-7,11,15-16H,4-5,8-9,12H2,1H3. The van der Waals surface area contributed by atoms with Crippen molar-refractivity contribution in [1.82, 2.24) is 13.9 Å². The van der Waals surface area contributed by atoms with E-state index in [9.17, 15) is 8.42 Å². The Hall–Kier alpha value is -2.17. The van der Waals surface area contributed by atoms with Crippen LogP contribution in [0.1, 0.15) is 48.3 Å². The second-order valence-electron chi connectivity index (χ2n) is 6.84. The van der Waals surface area contributed by atoms with Gasteiger partial charge < -0.3 is 4.57 Å². The molecule has 1 unspecified atom stereocenters. The SMILES string of the molecule is Cc1cnc(C2CC2)n1C1CCN(S(=O)(=O)c2ccc(C#N)cc2)C1. The predicted octanol–water partition coefficient (Wildman–Crippen LogP) is 2.58. The van der Waals surface area contributed by atoms with E-state index in [0.29, 0.717) is 24.6 Å². The van der Waals surface area contributed by atoms with Crippen molar-refractivity contribution in [3.05, 3.63) is 47.5 Å². The minimum Gasteiger partial charge on any atom is -0.328 e. The summed E-state index contributed by atoms with van der Waals surface area (Å²) in [6, 6.07) is 8.28. The summed E-state index contributed by atoms with van der Waals surface area (Å²) < 4.78 is 29.6. The number of hydrogen-bond acceptors (Lipinski definition) is 4. The Kier molecular flexibility index (Phi) is 3.89. The summed E-state index contributed by atoms with van der Waals surface area (Å²) in [5, 5.41) is 8.87. The summed E-state index contributed by atoms with van der Waals surface area (Å²) in [5.41, 5.74) is 1.56. The maximum Gasteiger partial charge on any atom is 0.243 e. The smallest absolute Gasteiger partial charge is 0.243 e. The minimum atomic E-state index is -3.53. The first kappa shape index (κ1) is 16.3. The molecule has 130 valence electrons. The molecule has 2 fully saturated rings. The summed E-state index contributed by atoms with van der Waals surface area (Å²) in [6.45, 7) is 3.02. The van der Waals surface area contributed by atoms with E-state index in [2.05, 4.69) is 9.55 Å². The third-order valence-corrected chi connectivity index (χ3v) is 6.94. The molecule has 2 aromatic rings. The quantitative estimate of drug-likeness (QED) is 0.843.